The minimum atomic E-state index is -3.52. The first kappa shape index (κ1) is 28.3. The van der Waals surface area contributed by atoms with Gasteiger partial charge in [0, 0.05) is 80.6 Å². The third kappa shape index (κ3) is 6.83. The van der Waals surface area contributed by atoms with E-state index >= 15 is 0 Å². The summed E-state index contributed by atoms with van der Waals surface area (Å²) in [4.78, 5) is 15.6. The smallest absolute Gasteiger partial charge is 0.254 e. The van der Waals surface area contributed by atoms with E-state index < -0.39 is 10.0 Å². The van der Waals surface area contributed by atoms with E-state index in [1.54, 1.807) is 7.11 Å². The average molecular weight is 541 g/mol. The summed E-state index contributed by atoms with van der Waals surface area (Å²) in [5.41, 5.74) is 3.62. The van der Waals surface area contributed by atoms with Gasteiger partial charge in [0.25, 0.3) is 5.91 Å². The van der Waals surface area contributed by atoms with Crippen molar-refractivity contribution in [3.8, 4) is 0 Å². The number of carbonyl (C=O) groups is 1. The first-order chi connectivity index (χ1) is 18.2. The molecule has 1 saturated heterocycles. The predicted octanol–water partition coefficient (Wildman–Crippen LogP) is 3.54. The fourth-order valence-corrected chi connectivity index (χ4v) is 6.70. The first-order valence-corrected chi connectivity index (χ1v) is 15.0. The van der Waals surface area contributed by atoms with Crippen LogP contribution < -0.4 is 10.0 Å². The Balaban J connectivity index is 1.49. The van der Waals surface area contributed by atoms with Crippen LogP contribution in [0.25, 0.3) is 10.9 Å². The molecule has 0 spiro atoms. The number of ether oxygens (including phenoxy) is 1. The lowest BCUT2D eigenvalue weighted by Crippen LogP contribution is -2.47. The molecule has 0 unspecified atom stereocenters. The number of benzene rings is 2. The Morgan fingerprint density at radius 1 is 1.18 bits per heavy atom. The molecule has 1 aliphatic heterocycles. The molecular weight excluding hydrogens is 500 g/mol. The van der Waals surface area contributed by atoms with E-state index in [-0.39, 0.29) is 29.7 Å². The van der Waals surface area contributed by atoms with Crippen LogP contribution in [-0.2, 0) is 27.1 Å². The van der Waals surface area contributed by atoms with Crippen molar-refractivity contribution in [1.82, 2.24) is 19.5 Å². The molecule has 206 valence electrons. The maximum absolute atomic E-state index is 13.8. The molecule has 8 nitrogen and oxygen atoms in total. The van der Waals surface area contributed by atoms with Gasteiger partial charge in [-0.15, -0.1) is 0 Å². The number of sulfonamides is 1. The number of carbonyl (C=O) groups excluding carboxylic acids is 1. The molecule has 1 aliphatic rings. The summed E-state index contributed by atoms with van der Waals surface area (Å²) in [6.45, 7) is 9.26. The van der Waals surface area contributed by atoms with Crippen molar-refractivity contribution in [1.29, 1.82) is 0 Å². The predicted molar refractivity (Wildman–Crippen MR) is 152 cm³/mol. The lowest BCUT2D eigenvalue weighted by molar-refractivity contribution is 0.0671. The molecule has 3 aromatic rings. The normalized spacial score (nSPS) is 17.9. The van der Waals surface area contributed by atoms with E-state index in [9.17, 15) is 13.2 Å². The highest BCUT2D eigenvalue weighted by molar-refractivity contribution is 7.88. The summed E-state index contributed by atoms with van der Waals surface area (Å²) < 4.78 is 36.1. The summed E-state index contributed by atoms with van der Waals surface area (Å²) in [7, 11) is -1.82. The second-order valence-corrected chi connectivity index (χ2v) is 12.3. The summed E-state index contributed by atoms with van der Waals surface area (Å²) in [6.07, 6.45) is 3.03. The van der Waals surface area contributed by atoms with Gasteiger partial charge in [0.15, 0.2) is 0 Å². The van der Waals surface area contributed by atoms with Crippen LogP contribution in [0.15, 0.2) is 54.7 Å². The van der Waals surface area contributed by atoms with Gasteiger partial charge >= 0.3 is 0 Å². The van der Waals surface area contributed by atoms with Crippen LogP contribution in [0.5, 0.6) is 0 Å². The van der Waals surface area contributed by atoms with Crippen LogP contribution in [-0.4, -0.2) is 69.2 Å². The van der Waals surface area contributed by atoms with Crippen molar-refractivity contribution < 1.29 is 17.9 Å². The maximum atomic E-state index is 13.8. The molecule has 2 heterocycles. The number of amides is 1. The Kier molecular flexibility index (Phi) is 9.25. The molecule has 9 heteroatoms. The van der Waals surface area contributed by atoms with Crippen molar-refractivity contribution in [3.63, 3.8) is 0 Å². The molecule has 2 N–H and O–H groups in total. The van der Waals surface area contributed by atoms with Crippen molar-refractivity contribution >= 4 is 26.8 Å². The highest BCUT2D eigenvalue weighted by Gasteiger charge is 2.34. The van der Waals surface area contributed by atoms with Crippen molar-refractivity contribution in [2.75, 3.05) is 33.4 Å². The average Bonchev–Trinajstić information content (AvgIpc) is 3.44. The van der Waals surface area contributed by atoms with E-state index in [1.165, 1.54) is 5.56 Å². The number of aromatic nitrogens is 1. The quantitative estimate of drug-likeness (QED) is 0.343. The molecule has 1 amide bonds. The zero-order valence-electron chi connectivity index (χ0n) is 22.8. The maximum Gasteiger partial charge on any atom is 0.254 e. The first-order valence-electron chi connectivity index (χ1n) is 13.3. The third-order valence-corrected chi connectivity index (χ3v) is 8.64. The Labute approximate surface area is 226 Å². The van der Waals surface area contributed by atoms with Gasteiger partial charge in [-0.2, -0.15) is 0 Å². The number of nitrogens with zero attached hydrogens (tertiary/aromatic N) is 2. The molecule has 0 saturated carbocycles. The number of aryl methyl sites for hydroxylation is 2. The second-order valence-electron chi connectivity index (χ2n) is 10.5. The highest BCUT2D eigenvalue weighted by atomic mass is 32.2. The van der Waals surface area contributed by atoms with Gasteiger partial charge in [-0.05, 0) is 50.5 Å². The van der Waals surface area contributed by atoms with Crippen molar-refractivity contribution in [3.05, 3.63) is 71.4 Å². The van der Waals surface area contributed by atoms with Gasteiger partial charge in [-0.25, -0.2) is 13.1 Å². The number of hydrogen-bond donors (Lipinski definition) is 2. The molecule has 0 radical (unpaired) electrons. The van der Waals surface area contributed by atoms with Crippen molar-refractivity contribution in [2.24, 2.45) is 5.92 Å². The molecule has 0 aliphatic carbocycles. The van der Waals surface area contributed by atoms with Gasteiger partial charge in [0.2, 0.25) is 10.0 Å². The van der Waals surface area contributed by atoms with E-state index in [2.05, 4.69) is 27.7 Å². The minimum Gasteiger partial charge on any atom is -0.385 e. The lowest BCUT2D eigenvalue weighted by atomic mass is 10.0. The molecule has 38 heavy (non-hydrogen) atoms. The third-order valence-electron chi connectivity index (χ3n) is 7.26. The van der Waals surface area contributed by atoms with Gasteiger partial charge < -0.3 is 19.5 Å². The number of methoxy groups -OCH3 is 1. The number of rotatable bonds is 12. The van der Waals surface area contributed by atoms with E-state index in [0.717, 1.165) is 29.4 Å². The van der Waals surface area contributed by atoms with Gasteiger partial charge in [0.1, 0.15) is 0 Å². The molecular formula is C29H40N4O4S. The largest absolute Gasteiger partial charge is 0.385 e. The van der Waals surface area contributed by atoms with Crippen LogP contribution in [0.4, 0.5) is 0 Å². The van der Waals surface area contributed by atoms with Gasteiger partial charge in [-0.1, -0.05) is 36.4 Å². The zero-order valence-corrected chi connectivity index (χ0v) is 23.6. The standard InChI is InChI=1S/C29H40N4O4S/c1-21(2)33(19-25-16-30-17-27(25)31-38(35,36)20-23-9-6-5-7-10-23)29(34)24-11-12-26-22(3)18-32(28(26)15-24)13-8-14-37-4/h5-7,9-12,15,18,21,25,27,30-31H,8,13-14,16-17,19-20H2,1-4H3/t25-,27-/m0/s1. The van der Waals surface area contributed by atoms with Crippen molar-refractivity contribution in [2.45, 2.75) is 51.6 Å². The second kappa shape index (κ2) is 12.4. The summed E-state index contributed by atoms with van der Waals surface area (Å²) in [6, 6.07) is 14.8. The van der Waals surface area contributed by atoms with Gasteiger partial charge in [0.05, 0.1) is 5.75 Å². The molecule has 2 atom stereocenters. The number of hydrogen-bond acceptors (Lipinski definition) is 5. The van der Waals surface area contributed by atoms with Crippen LogP contribution >= 0.6 is 0 Å². The van der Waals surface area contributed by atoms with Gasteiger partial charge in [-0.3, -0.25) is 4.79 Å². The Hall–Kier alpha value is -2.72. The van der Waals surface area contributed by atoms with E-state index in [0.29, 0.717) is 31.8 Å². The number of nitrogens with one attached hydrogen (secondary N) is 2. The SMILES string of the molecule is COCCCn1cc(C)c2ccc(C(=O)N(C[C@@H]3CNC[C@@H]3NS(=O)(=O)Cc3ccccc3)C(C)C)cc21. The Bertz CT molecular complexity index is 1340. The Morgan fingerprint density at radius 3 is 2.66 bits per heavy atom. The van der Waals surface area contributed by atoms with E-state index in [1.807, 2.05) is 67.3 Å². The molecule has 4 rings (SSSR count). The molecule has 1 aromatic heterocycles. The zero-order chi connectivity index (χ0) is 27.3. The molecule has 1 fully saturated rings. The van der Waals surface area contributed by atoms with Crippen LogP contribution in [0.1, 0.15) is 41.8 Å². The number of fused-ring (bicyclic) bond motifs is 1. The summed E-state index contributed by atoms with van der Waals surface area (Å²) >= 11 is 0. The fraction of sp³-hybridized carbons (Fsp3) is 0.483. The van der Waals surface area contributed by atoms with Crippen LogP contribution in [0.2, 0.25) is 0 Å². The fourth-order valence-electron chi connectivity index (χ4n) is 5.25. The van der Waals surface area contributed by atoms with Crippen LogP contribution in [0, 0.1) is 12.8 Å². The molecule has 2 aromatic carbocycles. The summed E-state index contributed by atoms with van der Waals surface area (Å²) in [5, 5.41) is 4.45. The topological polar surface area (TPSA) is 92.7 Å². The Morgan fingerprint density at radius 2 is 1.95 bits per heavy atom. The lowest BCUT2D eigenvalue weighted by Gasteiger charge is -2.31. The minimum absolute atomic E-state index is 0.0317. The van der Waals surface area contributed by atoms with Crippen LogP contribution in [0.3, 0.4) is 0 Å². The summed E-state index contributed by atoms with van der Waals surface area (Å²) in [5.74, 6) is -0.134. The van der Waals surface area contributed by atoms with E-state index in [4.69, 9.17) is 4.74 Å². The molecule has 0 bridgehead atoms. The monoisotopic (exact) mass is 540 g/mol. The highest BCUT2D eigenvalue weighted by Crippen LogP contribution is 2.25.